The molecule has 30 heavy (non-hydrogen) atoms. The molecule has 3 N–H and O–H groups in total. The summed E-state index contributed by atoms with van der Waals surface area (Å²) >= 11 is 6.43. The van der Waals surface area contributed by atoms with Crippen molar-refractivity contribution >= 4 is 33.2 Å². The first-order valence-electron chi connectivity index (χ1n) is 10.1. The molecule has 1 aliphatic heterocycles. The predicted octanol–water partition coefficient (Wildman–Crippen LogP) is 3.88. The average molecular weight is 450 g/mol. The molecule has 0 radical (unpaired) electrons. The number of rotatable bonds is 6. The number of hydrogen-bond acceptors (Lipinski definition) is 4. The molecule has 1 aliphatic rings. The molecule has 1 heterocycles. The van der Waals surface area contributed by atoms with Crippen LogP contribution in [0.3, 0.4) is 0 Å². The Bertz CT molecular complexity index is 1030. The Labute approximate surface area is 183 Å². The summed E-state index contributed by atoms with van der Waals surface area (Å²) in [5, 5.41) is 6.23. The van der Waals surface area contributed by atoms with Gasteiger partial charge in [-0.2, -0.15) is 0 Å². The van der Waals surface area contributed by atoms with Crippen molar-refractivity contribution < 1.29 is 13.2 Å². The second-order valence-electron chi connectivity index (χ2n) is 7.82. The van der Waals surface area contributed by atoms with Crippen LogP contribution < -0.4 is 15.4 Å². The molecular formula is C22H28ClN3O3S. The van der Waals surface area contributed by atoms with Crippen molar-refractivity contribution in [1.29, 1.82) is 0 Å². The molecule has 1 atom stereocenters. The van der Waals surface area contributed by atoms with Crippen LogP contribution in [0.15, 0.2) is 41.3 Å². The zero-order chi connectivity index (χ0) is 21.9. The number of carbonyl (C=O) groups excluding carboxylic acids is 1. The Kier molecular flexibility index (Phi) is 7.18. The van der Waals surface area contributed by atoms with Gasteiger partial charge in [0, 0.05) is 17.3 Å². The van der Waals surface area contributed by atoms with Gasteiger partial charge in [-0.15, -0.1) is 0 Å². The molecule has 162 valence electrons. The third-order valence-electron chi connectivity index (χ3n) is 5.71. The number of hydrogen-bond donors (Lipinski definition) is 3. The Balaban J connectivity index is 1.79. The molecule has 0 saturated carbocycles. The van der Waals surface area contributed by atoms with Gasteiger partial charge in [0.25, 0.3) is 5.91 Å². The van der Waals surface area contributed by atoms with E-state index < -0.39 is 10.0 Å². The monoisotopic (exact) mass is 449 g/mol. The van der Waals surface area contributed by atoms with E-state index in [9.17, 15) is 13.2 Å². The summed E-state index contributed by atoms with van der Waals surface area (Å²) in [6.45, 7) is 7.24. The second-order valence-corrected chi connectivity index (χ2v) is 9.88. The lowest BCUT2D eigenvalue weighted by atomic mass is 9.92. The zero-order valence-corrected chi connectivity index (χ0v) is 19.0. The molecule has 2 aromatic carbocycles. The molecule has 0 bridgehead atoms. The van der Waals surface area contributed by atoms with Crippen LogP contribution in [0.1, 0.15) is 41.3 Å². The molecular weight excluding hydrogens is 422 g/mol. The summed E-state index contributed by atoms with van der Waals surface area (Å²) < 4.78 is 28.7. The molecule has 3 rings (SSSR count). The fraction of sp³-hybridized carbons (Fsp3) is 0.409. The van der Waals surface area contributed by atoms with Gasteiger partial charge in [0.15, 0.2) is 0 Å². The van der Waals surface area contributed by atoms with Crippen LogP contribution in [0.4, 0.5) is 5.69 Å². The first-order chi connectivity index (χ1) is 14.2. The standard InChI is InChI=1S/C22H28ClN3O3S/c1-14-6-4-5-7-18(14)22(27)25-19-8-9-20(21(23)15(19)2)30(28,29)26-16(3)17-10-12-24-13-11-17/h4-9,16-17,24,26H,10-13H2,1-3H3,(H,25,27). The van der Waals surface area contributed by atoms with Crippen molar-refractivity contribution in [2.45, 2.75) is 44.6 Å². The van der Waals surface area contributed by atoms with Gasteiger partial charge >= 0.3 is 0 Å². The van der Waals surface area contributed by atoms with Crippen LogP contribution in [-0.4, -0.2) is 33.5 Å². The van der Waals surface area contributed by atoms with Crippen molar-refractivity contribution in [1.82, 2.24) is 10.0 Å². The summed E-state index contributed by atoms with van der Waals surface area (Å²) in [7, 11) is -3.78. The summed E-state index contributed by atoms with van der Waals surface area (Å²) in [6.07, 6.45) is 1.86. The predicted molar refractivity (Wildman–Crippen MR) is 121 cm³/mol. The first kappa shape index (κ1) is 22.7. The van der Waals surface area contributed by atoms with Gasteiger partial charge in [-0.25, -0.2) is 13.1 Å². The lowest BCUT2D eigenvalue weighted by Crippen LogP contribution is -2.42. The van der Waals surface area contributed by atoms with E-state index in [0.29, 0.717) is 16.8 Å². The minimum absolute atomic E-state index is 0.0244. The number of sulfonamides is 1. The number of nitrogens with one attached hydrogen (secondary N) is 3. The molecule has 0 aliphatic carbocycles. The number of piperidine rings is 1. The maximum Gasteiger partial charge on any atom is 0.255 e. The largest absolute Gasteiger partial charge is 0.322 e. The number of amides is 1. The van der Waals surface area contributed by atoms with Gasteiger partial charge in [0.1, 0.15) is 4.90 Å². The van der Waals surface area contributed by atoms with Crippen LogP contribution in [0, 0.1) is 19.8 Å². The van der Waals surface area contributed by atoms with Crippen molar-refractivity contribution in [2.75, 3.05) is 18.4 Å². The molecule has 1 unspecified atom stereocenters. The highest BCUT2D eigenvalue weighted by molar-refractivity contribution is 7.89. The van der Waals surface area contributed by atoms with Crippen LogP contribution in [-0.2, 0) is 10.0 Å². The van der Waals surface area contributed by atoms with E-state index in [2.05, 4.69) is 15.4 Å². The highest BCUT2D eigenvalue weighted by Crippen LogP contribution is 2.31. The zero-order valence-electron chi connectivity index (χ0n) is 17.5. The lowest BCUT2D eigenvalue weighted by molar-refractivity contribution is 0.102. The molecule has 1 fully saturated rings. The highest BCUT2D eigenvalue weighted by atomic mass is 35.5. The minimum atomic E-state index is -3.78. The van der Waals surface area contributed by atoms with Gasteiger partial charge in [-0.1, -0.05) is 29.8 Å². The van der Waals surface area contributed by atoms with Crippen LogP contribution >= 0.6 is 11.6 Å². The fourth-order valence-electron chi connectivity index (χ4n) is 3.77. The van der Waals surface area contributed by atoms with E-state index >= 15 is 0 Å². The van der Waals surface area contributed by atoms with Crippen molar-refractivity contribution in [3.05, 3.63) is 58.1 Å². The Morgan fingerprint density at radius 1 is 1.13 bits per heavy atom. The molecule has 1 amide bonds. The minimum Gasteiger partial charge on any atom is -0.322 e. The van der Waals surface area contributed by atoms with Crippen LogP contribution in [0.2, 0.25) is 5.02 Å². The van der Waals surface area contributed by atoms with Gasteiger partial charge in [-0.05, 0) is 81.9 Å². The Morgan fingerprint density at radius 2 is 1.80 bits per heavy atom. The lowest BCUT2D eigenvalue weighted by Gasteiger charge is -2.28. The number of halogens is 1. The Morgan fingerprint density at radius 3 is 2.47 bits per heavy atom. The van der Waals surface area contributed by atoms with E-state index in [1.165, 1.54) is 6.07 Å². The van der Waals surface area contributed by atoms with E-state index in [0.717, 1.165) is 31.5 Å². The summed E-state index contributed by atoms with van der Waals surface area (Å²) in [6, 6.07) is 10.1. The van der Waals surface area contributed by atoms with E-state index in [1.54, 1.807) is 25.1 Å². The van der Waals surface area contributed by atoms with Crippen molar-refractivity contribution in [3.63, 3.8) is 0 Å². The van der Waals surface area contributed by atoms with Crippen molar-refractivity contribution in [3.8, 4) is 0 Å². The fourth-order valence-corrected chi connectivity index (χ4v) is 5.68. The molecule has 2 aromatic rings. The van der Waals surface area contributed by atoms with Gasteiger partial charge in [-0.3, -0.25) is 4.79 Å². The van der Waals surface area contributed by atoms with Crippen LogP contribution in [0.25, 0.3) is 0 Å². The van der Waals surface area contributed by atoms with Gasteiger partial charge in [0.05, 0.1) is 5.02 Å². The van der Waals surface area contributed by atoms with Crippen LogP contribution in [0.5, 0.6) is 0 Å². The van der Waals surface area contributed by atoms with Gasteiger partial charge < -0.3 is 10.6 Å². The molecule has 1 saturated heterocycles. The number of aryl methyl sites for hydroxylation is 1. The highest BCUT2D eigenvalue weighted by Gasteiger charge is 2.27. The maximum absolute atomic E-state index is 13.0. The maximum atomic E-state index is 13.0. The second kappa shape index (κ2) is 9.47. The summed E-state index contributed by atoms with van der Waals surface area (Å²) in [5.41, 5.74) is 2.41. The van der Waals surface area contributed by atoms with E-state index in [-0.39, 0.29) is 27.8 Å². The number of benzene rings is 2. The first-order valence-corrected chi connectivity index (χ1v) is 12.0. The smallest absolute Gasteiger partial charge is 0.255 e. The number of anilines is 1. The topological polar surface area (TPSA) is 87.3 Å². The third kappa shape index (κ3) is 5.03. The summed E-state index contributed by atoms with van der Waals surface area (Å²) in [4.78, 5) is 12.6. The molecule has 8 heteroatoms. The normalized spacial score (nSPS) is 16.3. The summed E-state index contributed by atoms with van der Waals surface area (Å²) in [5.74, 6) is 0.0223. The molecule has 0 aromatic heterocycles. The average Bonchev–Trinajstić information content (AvgIpc) is 2.72. The van der Waals surface area contributed by atoms with Gasteiger partial charge in [0.2, 0.25) is 10.0 Å². The SMILES string of the molecule is Cc1ccccc1C(=O)Nc1ccc(S(=O)(=O)NC(C)C2CCNCC2)c(Cl)c1C. The van der Waals surface area contributed by atoms with Crippen molar-refractivity contribution in [2.24, 2.45) is 5.92 Å². The molecule has 0 spiro atoms. The quantitative estimate of drug-likeness (QED) is 0.624. The van der Waals surface area contributed by atoms with E-state index in [4.69, 9.17) is 11.6 Å². The van der Waals surface area contributed by atoms with E-state index in [1.807, 2.05) is 26.0 Å². The molecule has 6 nitrogen and oxygen atoms in total. The third-order valence-corrected chi connectivity index (χ3v) is 7.91. The number of carbonyl (C=O) groups is 1. The Hall–Kier alpha value is -1.93.